The van der Waals surface area contributed by atoms with Crippen molar-refractivity contribution >= 4 is 42.6 Å². The number of nitrogens with zero attached hydrogens (tertiary/aromatic N) is 3. The normalized spacial score (nSPS) is 19.5. The molecule has 3 heterocycles. The van der Waals surface area contributed by atoms with Crippen molar-refractivity contribution in [2.45, 2.75) is 50.5 Å². The van der Waals surface area contributed by atoms with E-state index in [1.807, 2.05) is 26.0 Å². The van der Waals surface area contributed by atoms with Gasteiger partial charge in [0.2, 0.25) is 15.9 Å². The third-order valence-electron chi connectivity index (χ3n) is 7.30. The number of rotatable bonds is 6. The topological polar surface area (TPSA) is 79.8 Å². The van der Waals surface area contributed by atoms with E-state index in [-0.39, 0.29) is 25.1 Å². The number of hydrogen-bond acceptors (Lipinski definition) is 6. The molecule has 1 amide bonds. The molecule has 2 aliphatic rings. The van der Waals surface area contributed by atoms with Gasteiger partial charge in [-0.2, -0.15) is 4.31 Å². The van der Waals surface area contributed by atoms with Gasteiger partial charge in [0.05, 0.1) is 22.9 Å². The summed E-state index contributed by atoms with van der Waals surface area (Å²) >= 11 is 1.47. The molecular weight excluding hydrogens is 520 g/mol. The van der Waals surface area contributed by atoms with Crippen LogP contribution in [0.5, 0.6) is 0 Å². The first-order valence-electron chi connectivity index (χ1n) is 12.4. The number of carbonyl (C=O) groups excluding carboxylic acids is 1. The zero-order chi connectivity index (χ0) is 26.3. The van der Waals surface area contributed by atoms with E-state index in [0.29, 0.717) is 37.2 Å². The predicted octanol–water partition coefficient (Wildman–Crippen LogP) is 4.80. The van der Waals surface area contributed by atoms with Gasteiger partial charge in [-0.3, -0.25) is 9.69 Å². The first kappa shape index (κ1) is 26.1. The van der Waals surface area contributed by atoms with Gasteiger partial charge in [-0.1, -0.05) is 17.4 Å². The number of thiazole rings is 1. The van der Waals surface area contributed by atoms with Crippen LogP contribution in [0.2, 0.25) is 0 Å². The fourth-order valence-electron chi connectivity index (χ4n) is 4.97. The highest BCUT2D eigenvalue weighted by Gasteiger charge is 2.37. The van der Waals surface area contributed by atoms with Gasteiger partial charge in [0, 0.05) is 31.7 Å². The van der Waals surface area contributed by atoms with Crippen molar-refractivity contribution < 1.29 is 26.7 Å². The van der Waals surface area contributed by atoms with Crippen molar-refractivity contribution in [1.29, 1.82) is 0 Å². The second-order valence-corrected chi connectivity index (χ2v) is 12.6. The number of aryl methyl sites for hydroxylation is 2. The molecule has 1 atom stereocenters. The Morgan fingerprint density at radius 2 is 1.92 bits per heavy atom. The van der Waals surface area contributed by atoms with Gasteiger partial charge >= 0.3 is 0 Å². The van der Waals surface area contributed by atoms with Crippen molar-refractivity contribution in [2.75, 3.05) is 31.1 Å². The maximum Gasteiger partial charge on any atom is 0.245 e. The smallest absolute Gasteiger partial charge is 0.245 e. The fourth-order valence-corrected chi connectivity index (χ4v) is 7.53. The minimum absolute atomic E-state index is 0.0688. The molecule has 0 spiro atoms. The van der Waals surface area contributed by atoms with Gasteiger partial charge < -0.3 is 4.74 Å². The lowest BCUT2D eigenvalue weighted by Gasteiger charge is -2.33. The minimum Gasteiger partial charge on any atom is -0.376 e. The molecule has 5 rings (SSSR count). The molecular formula is C26H29F2N3O4S2. The molecule has 37 heavy (non-hydrogen) atoms. The highest BCUT2D eigenvalue weighted by molar-refractivity contribution is 7.89. The fraction of sp³-hybridized carbons (Fsp3) is 0.462. The number of ether oxygens (including phenoxy) is 1. The minimum atomic E-state index is -4.14. The van der Waals surface area contributed by atoms with Crippen LogP contribution in [0, 0.1) is 31.4 Å². The van der Waals surface area contributed by atoms with Crippen LogP contribution in [0.25, 0.3) is 10.2 Å². The number of carbonyl (C=O) groups is 1. The van der Waals surface area contributed by atoms with E-state index in [0.717, 1.165) is 46.3 Å². The molecule has 11 heteroatoms. The Hall–Kier alpha value is -2.47. The highest BCUT2D eigenvalue weighted by Crippen LogP contribution is 2.35. The van der Waals surface area contributed by atoms with Gasteiger partial charge in [0.1, 0.15) is 16.5 Å². The van der Waals surface area contributed by atoms with E-state index in [1.54, 1.807) is 4.90 Å². The third-order valence-corrected chi connectivity index (χ3v) is 10.3. The number of aromatic nitrogens is 1. The lowest BCUT2D eigenvalue weighted by molar-refractivity contribution is -0.123. The van der Waals surface area contributed by atoms with E-state index >= 15 is 0 Å². The molecule has 2 saturated heterocycles. The van der Waals surface area contributed by atoms with Crippen LogP contribution in [0.1, 0.15) is 36.8 Å². The number of anilines is 1. The lowest BCUT2D eigenvalue weighted by atomic mass is 9.96. The van der Waals surface area contributed by atoms with E-state index < -0.39 is 32.5 Å². The molecule has 0 aliphatic carbocycles. The standard InChI is InChI=1S/C26H29F2N3O4S2/c1-16-5-7-22-24(17(16)2)29-26(36-22)31(15-20-4-3-13-35-20)25(32)18-9-11-30(12-10-18)37(33,34)23-8-6-19(27)14-21(23)28/h5-8,14,18,20H,3-4,9-13,15H2,1-2H3. The van der Waals surface area contributed by atoms with E-state index in [9.17, 15) is 22.0 Å². The molecule has 2 fully saturated rings. The second kappa shape index (κ2) is 10.4. The van der Waals surface area contributed by atoms with Crippen molar-refractivity contribution in [3.05, 3.63) is 53.1 Å². The maximum absolute atomic E-state index is 14.2. The molecule has 1 aromatic heterocycles. The second-order valence-electron chi connectivity index (χ2n) is 9.69. The van der Waals surface area contributed by atoms with E-state index in [2.05, 4.69) is 0 Å². The third kappa shape index (κ3) is 5.14. The molecule has 2 aliphatic heterocycles. The monoisotopic (exact) mass is 549 g/mol. The van der Waals surface area contributed by atoms with Crippen molar-refractivity contribution in [3.63, 3.8) is 0 Å². The Balaban J connectivity index is 1.36. The molecule has 0 saturated carbocycles. The summed E-state index contributed by atoms with van der Waals surface area (Å²) < 4.78 is 61.5. The van der Waals surface area contributed by atoms with E-state index in [1.165, 1.54) is 15.6 Å². The number of amides is 1. The summed E-state index contributed by atoms with van der Waals surface area (Å²) in [5.41, 5.74) is 3.09. The largest absolute Gasteiger partial charge is 0.376 e. The van der Waals surface area contributed by atoms with Crippen molar-refractivity contribution in [2.24, 2.45) is 5.92 Å². The number of sulfonamides is 1. The zero-order valence-electron chi connectivity index (χ0n) is 20.7. The maximum atomic E-state index is 14.2. The molecule has 0 N–H and O–H groups in total. The van der Waals surface area contributed by atoms with Crippen LogP contribution in [-0.2, 0) is 19.6 Å². The average molecular weight is 550 g/mol. The van der Waals surface area contributed by atoms with Crippen molar-refractivity contribution in [3.8, 4) is 0 Å². The molecule has 0 radical (unpaired) electrons. The SMILES string of the molecule is Cc1ccc2sc(N(CC3CCCO3)C(=O)C3CCN(S(=O)(=O)c4ccc(F)cc4F)CC3)nc2c1C. The first-order valence-corrected chi connectivity index (χ1v) is 14.7. The number of hydrogen-bond donors (Lipinski definition) is 0. The molecule has 198 valence electrons. The van der Waals surface area contributed by atoms with Gasteiger partial charge in [0.15, 0.2) is 5.13 Å². The lowest BCUT2D eigenvalue weighted by Crippen LogP contribution is -2.46. The van der Waals surface area contributed by atoms with Gasteiger partial charge in [-0.05, 0) is 68.9 Å². The van der Waals surface area contributed by atoms with E-state index in [4.69, 9.17) is 9.72 Å². The Morgan fingerprint density at radius 1 is 1.16 bits per heavy atom. The summed E-state index contributed by atoms with van der Waals surface area (Å²) in [4.78, 5) is 19.8. The quantitative estimate of drug-likeness (QED) is 0.441. The molecule has 1 unspecified atom stereocenters. The summed E-state index contributed by atoms with van der Waals surface area (Å²) in [7, 11) is -4.14. The zero-order valence-corrected chi connectivity index (χ0v) is 22.4. The summed E-state index contributed by atoms with van der Waals surface area (Å²) in [6.07, 6.45) is 2.34. The van der Waals surface area contributed by atoms with Gasteiger partial charge in [-0.25, -0.2) is 22.2 Å². The Bertz CT molecular complexity index is 1430. The summed E-state index contributed by atoms with van der Waals surface area (Å²) in [6.45, 7) is 5.26. The van der Waals surface area contributed by atoms with Crippen LogP contribution in [0.3, 0.4) is 0 Å². The van der Waals surface area contributed by atoms with Crippen LogP contribution in [-0.4, -0.2) is 56.0 Å². The van der Waals surface area contributed by atoms with Crippen LogP contribution in [0.4, 0.5) is 13.9 Å². The van der Waals surface area contributed by atoms with Crippen molar-refractivity contribution in [1.82, 2.24) is 9.29 Å². The molecule has 2 aromatic carbocycles. The number of piperidine rings is 1. The van der Waals surface area contributed by atoms with Gasteiger partial charge in [-0.15, -0.1) is 0 Å². The first-order chi connectivity index (χ1) is 17.6. The molecule has 7 nitrogen and oxygen atoms in total. The summed E-state index contributed by atoms with van der Waals surface area (Å²) in [6, 6.07) is 6.50. The van der Waals surface area contributed by atoms with Crippen LogP contribution < -0.4 is 4.90 Å². The predicted molar refractivity (Wildman–Crippen MR) is 138 cm³/mol. The van der Waals surface area contributed by atoms with Crippen LogP contribution >= 0.6 is 11.3 Å². The summed E-state index contributed by atoms with van der Waals surface area (Å²) in [5, 5.41) is 0.618. The summed E-state index contributed by atoms with van der Waals surface area (Å²) in [5.74, 6) is -2.47. The number of fused-ring (bicyclic) bond motifs is 1. The Morgan fingerprint density at radius 3 is 2.59 bits per heavy atom. The van der Waals surface area contributed by atoms with Gasteiger partial charge in [0.25, 0.3) is 0 Å². The Kier molecular flexibility index (Phi) is 7.32. The molecule has 3 aromatic rings. The molecule has 0 bridgehead atoms. The number of benzene rings is 2. The van der Waals surface area contributed by atoms with Crippen LogP contribution in [0.15, 0.2) is 35.2 Å². The highest BCUT2D eigenvalue weighted by atomic mass is 32.2. The Labute approximate surface area is 219 Å². The number of halogens is 2. The average Bonchev–Trinajstić information content (AvgIpc) is 3.54.